The van der Waals surface area contributed by atoms with Crippen molar-refractivity contribution in [3.05, 3.63) is 29.6 Å². The van der Waals surface area contributed by atoms with Crippen molar-refractivity contribution in [2.75, 3.05) is 25.9 Å². The Bertz CT molecular complexity index is 1180. The molecular weight excluding hydrogens is 423 g/mol. The molecule has 11 heteroatoms. The van der Waals surface area contributed by atoms with Crippen molar-refractivity contribution in [2.45, 2.75) is 50.7 Å². The van der Waals surface area contributed by atoms with Crippen molar-refractivity contribution < 1.29 is 18.0 Å². The molecule has 8 nitrogen and oxygen atoms in total. The lowest BCUT2D eigenvalue weighted by Crippen LogP contribution is -2.49. The zero-order chi connectivity index (χ0) is 23.2. The normalized spacial score (nSPS) is 20.7. The van der Waals surface area contributed by atoms with Gasteiger partial charge in [0.2, 0.25) is 11.6 Å². The molecule has 3 atom stereocenters. The Labute approximate surface area is 183 Å². The van der Waals surface area contributed by atoms with Crippen LogP contribution in [-0.2, 0) is 4.79 Å². The largest absolute Gasteiger partial charge is 0.368 e. The van der Waals surface area contributed by atoms with Gasteiger partial charge in [-0.15, -0.1) is 5.10 Å². The number of carbonyl (C=O) groups excluding carboxylic acids is 1. The molecule has 1 fully saturated rings. The van der Waals surface area contributed by atoms with Gasteiger partial charge in [-0.25, -0.2) is 23.1 Å². The molecule has 0 radical (unpaired) electrons. The summed E-state index contributed by atoms with van der Waals surface area (Å²) in [6.45, 7) is 4.30. The summed E-state index contributed by atoms with van der Waals surface area (Å²) in [5.41, 5.74) is 4.21. The summed E-state index contributed by atoms with van der Waals surface area (Å²) in [5, 5.41) is 7.45. The molecule has 1 aliphatic heterocycles. The fourth-order valence-electron chi connectivity index (χ4n) is 4.06. The van der Waals surface area contributed by atoms with E-state index >= 15 is 0 Å². The Morgan fingerprint density at radius 2 is 2.06 bits per heavy atom. The zero-order valence-corrected chi connectivity index (χ0v) is 18.2. The first-order valence-electron chi connectivity index (χ1n) is 10.6. The van der Waals surface area contributed by atoms with Crippen LogP contribution in [0, 0.1) is 11.6 Å². The number of aromatic nitrogens is 4. The third-order valence-corrected chi connectivity index (χ3v) is 6.26. The number of halogens is 3. The Balaban J connectivity index is 1.51. The van der Waals surface area contributed by atoms with Crippen LogP contribution in [0.3, 0.4) is 0 Å². The number of anilines is 1. The number of benzene rings is 1. The van der Waals surface area contributed by atoms with Crippen LogP contribution < -0.4 is 11.1 Å². The van der Waals surface area contributed by atoms with Gasteiger partial charge in [0.1, 0.15) is 11.3 Å². The molecule has 1 amide bonds. The molecule has 1 unspecified atom stereocenters. The van der Waals surface area contributed by atoms with Crippen LogP contribution in [0.4, 0.5) is 19.1 Å². The summed E-state index contributed by atoms with van der Waals surface area (Å²) in [4.78, 5) is 22.5. The minimum absolute atomic E-state index is 0.0368. The van der Waals surface area contributed by atoms with E-state index in [1.807, 2.05) is 13.8 Å². The van der Waals surface area contributed by atoms with Crippen molar-refractivity contribution in [1.82, 2.24) is 29.8 Å². The van der Waals surface area contributed by atoms with Crippen LogP contribution in [0.1, 0.15) is 44.9 Å². The Hall–Kier alpha value is -2.95. The summed E-state index contributed by atoms with van der Waals surface area (Å²) in [6.07, 6.45) is 1.39. The molecule has 172 valence electrons. The van der Waals surface area contributed by atoms with Gasteiger partial charge in [0.05, 0.1) is 5.39 Å². The van der Waals surface area contributed by atoms with E-state index in [4.69, 9.17) is 5.73 Å². The molecule has 0 saturated carbocycles. The molecule has 0 spiro atoms. The van der Waals surface area contributed by atoms with E-state index in [9.17, 15) is 18.0 Å². The number of nitrogens with two attached hydrogens (primary N) is 1. The van der Waals surface area contributed by atoms with E-state index in [0.717, 1.165) is 12.1 Å². The summed E-state index contributed by atoms with van der Waals surface area (Å²) in [5.74, 6) is -1.83. The minimum atomic E-state index is -1.85. The van der Waals surface area contributed by atoms with E-state index in [1.54, 1.807) is 7.05 Å². The highest BCUT2D eigenvalue weighted by molar-refractivity contribution is 5.92. The van der Waals surface area contributed by atoms with Crippen LogP contribution in [0.15, 0.2) is 12.1 Å². The molecule has 1 saturated heterocycles. The maximum Gasteiger partial charge on any atom is 0.261 e. The summed E-state index contributed by atoms with van der Waals surface area (Å²) < 4.78 is 43.9. The van der Waals surface area contributed by atoms with E-state index in [2.05, 4.69) is 20.4 Å². The van der Waals surface area contributed by atoms with E-state index in [-0.39, 0.29) is 47.4 Å². The topological polar surface area (TPSA) is 101 Å². The van der Waals surface area contributed by atoms with Gasteiger partial charge in [0.25, 0.3) is 5.91 Å². The van der Waals surface area contributed by atoms with Crippen molar-refractivity contribution in [2.24, 2.45) is 0 Å². The highest BCUT2D eigenvalue weighted by atomic mass is 19.1. The number of nitrogen functional groups attached to an aromatic ring is 1. The predicted molar refractivity (Wildman–Crippen MR) is 114 cm³/mol. The summed E-state index contributed by atoms with van der Waals surface area (Å²) >= 11 is 0. The number of alkyl halides is 1. The molecule has 2 aromatic heterocycles. The Morgan fingerprint density at radius 3 is 2.75 bits per heavy atom. The van der Waals surface area contributed by atoms with Gasteiger partial charge < -0.3 is 16.0 Å². The van der Waals surface area contributed by atoms with E-state index < -0.39 is 23.2 Å². The number of nitrogens with zero attached hydrogens (tertiary/aromatic N) is 5. The van der Waals surface area contributed by atoms with Crippen molar-refractivity contribution >= 4 is 28.4 Å². The second-order valence-corrected chi connectivity index (χ2v) is 8.59. The molecule has 0 bridgehead atoms. The highest BCUT2D eigenvalue weighted by Crippen LogP contribution is 2.28. The van der Waals surface area contributed by atoms with Crippen molar-refractivity contribution in [1.29, 1.82) is 0 Å². The van der Waals surface area contributed by atoms with Gasteiger partial charge in [0, 0.05) is 38.0 Å². The molecular formula is C21H26F3N7O. The third-order valence-electron chi connectivity index (χ3n) is 6.26. The second-order valence-electron chi connectivity index (χ2n) is 8.59. The molecule has 3 heterocycles. The monoisotopic (exact) mass is 449 g/mol. The standard InChI is InChI=1S/C21H26F3N7O/c1-11(4-5-12(2)30(3)19(32)21(24)6-7-26-10-21)17-28-18-14-8-13(22)9-15(23)16(14)27-20(25)31(18)29-17/h8-9,11-12,26H,4-7,10H2,1-3H3,(H2,25,27)/t11-,12-,21?/m0/s1. The quantitative estimate of drug-likeness (QED) is 0.600. The van der Waals surface area contributed by atoms with Gasteiger partial charge in [-0.1, -0.05) is 6.92 Å². The average Bonchev–Trinajstić information content (AvgIpc) is 3.40. The number of carbonyl (C=O) groups is 1. The van der Waals surface area contributed by atoms with Gasteiger partial charge in [-0.2, -0.15) is 4.52 Å². The molecule has 1 aromatic carbocycles. The average molecular weight is 449 g/mol. The summed E-state index contributed by atoms with van der Waals surface area (Å²) in [7, 11) is 1.61. The maximum atomic E-state index is 14.8. The number of rotatable bonds is 6. The van der Waals surface area contributed by atoms with Crippen LogP contribution in [0.5, 0.6) is 0 Å². The molecule has 1 aliphatic rings. The van der Waals surface area contributed by atoms with E-state index in [0.29, 0.717) is 25.2 Å². The second kappa shape index (κ2) is 8.19. The lowest BCUT2D eigenvalue weighted by Gasteiger charge is -2.30. The van der Waals surface area contributed by atoms with Crippen LogP contribution in [0.25, 0.3) is 16.6 Å². The first-order valence-corrected chi connectivity index (χ1v) is 10.6. The first-order chi connectivity index (χ1) is 15.1. The molecule has 0 aliphatic carbocycles. The summed E-state index contributed by atoms with van der Waals surface area (Å²) in [6, 6.07) is 1.70. The Morgan fingerprint density at radius 1 is 1.31 bits per heavy atom. The van der Waals surface area contributed by atoms with E-state index in [1.165, 1.54) is 9.42 Å². The lowest BCUT2D eigenvalue weighted by molar-refractivity contribution is -0.143. The number of nitrogens with one attached hydrogen (secondary N) is 1. The van der Waals surface area contributed by atoms with Gasteiger partial charge in [-0.3, -0.25) is 4.79 Å². The fourth-order valence-corrected chi connectivity index (χ4v) is 4.06. The smallest absolute Gasteiger partial charge is 0.261 e. The van der Waals surface area contributed by atoms with Crippen LogP contribution in [-0.4, -0.2) is 62.2 Å². The predicted octanol–water partition coefficient (Wildman–Crippen LogP) is 2.57. The maximum absolute atomic E-state index is 14.8. The molecule has 3 N–H and O–H groups in total. The highest BCUT2D eigenvalue weighted by Gasteiger charge is 2.44. The minimum Gasteiger partial charge on any atom is -0.368 e. The van der Waals surface area contributed by atoms with Crippen LogP contribution in [0.2, 0.25) is 0 Å². The first kappa shape index (κ1) is 22.3. The fraction of sp³-hybridized carbons (Fsp3) is 0.524. The number of hydrogen-bond acceptors (Lipinski definition) is 6. The van der Waals surface area contributed by atoms with Gasteiger partial charge in [-0.05, 0) is 32.4 Å². The zero-order valence-electron chi connectivity index (χ0n) is 18.2. The molecule has 4 rings (SSSR count). The SMILES string of the molecule is C[C@@H](CC[C@H](C)N(C)C(=O)C1(F)CCNC1)c1nc2c3cc(F)cc(F)c3nc(N)n2n1. The Kier molecular flexibility index (Phi) is 5.70. The lowest BCUT2D eigenvalue weighted by atomic mass is 9.99. The van der Waals surface area contributed by atoms with Crippen molar-refractivity contribution in [3.63, 3.8) is 0 Å². The number of hydrogen-bond donors (Lipinski definition) is 2. The number of amides is 1. The van der Waals surface area contributed by atoms with Crippen LogP contribution >= 0.6 is 0 Å². The molecule has 32 heavy (non-hydrogen) atoms. The van der Waals surface area contributed by atoms with Gasteiger partial charge in [0.15, 0.2) is 17.3 Å². The molecule has 3 aromatic rings. The third kappa shape index (κ3) is 3.85. The van der Waals surface area contributed by atoms with Crippen molar-refractivity contribution in [3.8, 4) is 0 Å². The number of fused-ring (bicyclic) bond motifs is 3. The van der Waals surface area contributed by atoms with Gasteiger partial charge >= 0.3 is 0 Å².